The van der Waals surface area contributed by atoms with Gasteiger partial charge in [0.2, 0.25) is 0 Å². The first kappa shape index (κ1) is 10.8. The van der Waals surface area contributed by atoms with E-state index in [2.05, 4.69) is 16.4 Å². The highest BCUT2D eigenvalue weighted by atomic mass is 16.1. The van der Waals surface area contributed by atoms with Crippen molar-refractivity contribution < 1.29 is 4.79 Å². The zero-order valence-corrected chi connectivity index (χ0v) is 9.54. The summed E-state index contributed by atoms with van der Waals surface area (Å²) in [5, 5.41) is 0. The lowest BCUT2D eigenvalue weighted by Gasteiger charge is -2.46. The van der Waals surface area contributed by atoms with Crippen LogP contribution in [0.3, 0.4) is 0 Å². The molecule has 84 valence electrons. The van der Waals surface area contributed by atoms with Crippen LogP contribution in [-0.2, 0) is 4.79 Å². The van der Waals surface area contributed by atoms with E-state index in [0.717, 1.165) is 44.7 Å². The minimum atomic E-state index is 0.173. The number of allylic oxidation sites excluding steroid dienone is 1. The maximum Gasteiger partial charge on any atom is 0.151 e. The highest BCUT2D eigenvalue weighted by molar-refractivity contribution is 5.84. The third kappa shape index (κ3) is 2.47. The van der Waals surface area contributed by atoms with Gasteiger partial charge in [0.1, 0.15) is 0 Å². The van der Waals surface area contributed by atoms with Gasteiger partial charge in [0.25, 0.3) is 0 Å². The molecular weight excluding hydrogens is 188 g/mol. The van der Waals surface area contributed by atoms with E-state index < -0.39 is 0 Å². The van der Waals surface area contributed by atoms with Gasteiger partial charge >= 0.3 is 0 Å². The number of carbonyl (C=O) groups excluding carboxylic acids is 1. The molecule has 3 rings (SSSR count). The van der Waals surface area contributed by atoms with Crippen LogP contribution in [0.2, 0.25) is 0 Å². The zero-order valence-electron chi connectivity index (χ0n) is 9.54. The molecule has 0 spiro atoms. The summed E-state index contributed by atoms with van der Waals surface area (Å²) in [7, 11) is 0. The van der Waals surface area contributed by atoms with Crippen LogP contribution in [-0.4, -0.2) is 54.3 Å². The van der Waals surface area contributed by atoms with Gasteiger partial charge in [0.05, 0.1) is 6.04 Å². The average Bonchev–Trinajstić information content (AvgIpc) is 2.27. The molecule has 15 heavy (non-hydrogen) atoms. The number of nitrogens with zero attached hydrogens (tertiary/aromatic N) is 2. The first-order valence-electron chi connectivity index (χ1n) is 5.80. The van der Waals surface area contributed by atoms with Crippen molar-refractivity contribution in [3.8, 4) is 0 Å². The smallest absolute Gasteiger partial charge is 0.151 e. The van der Waals surface area contributed by atoms with Crippen LogP contribution in [0.25, 0.3) is 0 Å². The topological polar surface area (TPSA) is 23.6 Å². The van der Waals surface area contributed by atoms with Gasteiger partial charge in [0.15, 0.2) is 5.78 Å². The second-order valence-corrected chi connectivity index (χ2v) is 4.78. The lowest BCUT2D eigenvalue weighted by Crippen LogP contribution is -2.63. The molecule has 0 radical (unpaired) electrons. The molecule has 3 saturated heterocycles. The summed E-state index contributed by atoms with van der Waals surface area (Å²) in [6, 6.07) is 0.173. The molecule has 3 nitrogen and oxygen atoms in total. The Morgan fingerprint density at radius 1 is 1.27 bits per heavy atom. The van der Waals surface area contributed by atoms with Gasteiger partial charge in [0, 0.05) is 39.1 Å². The fourth-order valence-electron chi connectivity index (χ4n) is 2.43. The van der Waals surface area contributed by atoms with E-state index in [1.54, 1.807) is 0 Å². The molecule has 0 saturated carbocycles. The second kappa shape index (κ2) is 4.45. The van der Waals surface area contributed by atoms with E-state index in [1.165, 1.54) is 0 Å². The van der Waals surface area contributed by atoms with Crippen molar-refractivity contribution in [2.45, 2.75) is 25.8 Å². The molecule has 0 aromatic carbocycles. The minimum absolute atomic E-state index is 0.173. The predicted molar refractivity (Wildman–Crippen MR) is 60.9 cm³/mol. The van der Waals surface area contributed by atoms with E-state index in [1.807, 2.05) is 6.92 Å². The number of Topliss-reactive ketones (excluding diaryl/α,β-unsaturated/α-hetero) is 1. The number of rotatable bonds is 4. The quantitative estimate of drug-likeness (QED) is 0.642. The van der Waals surface area contributed by atoms with E-state index in [0.29, 0.717) is 12.2 Å². The number of carbonyl (C=O) groups is 1. The highest BCUT2D eigenvalue weighted by Crippen LogP contribution is 2.18. The van der Waals surface area contributed by atoms with Crippen LogP contribution in [0.4, 0.5) is 0 Å². The standard InChI is InChI=1S/C12H20N2O/c1-10(2)3-4-12(15)11-9-13-5-7-14(11)8-6-13/h11H,1,3-9H2,2H3. The van der Waals surface area contributed by atoms with Crippen molar-refractivity contribution in [3.63, 3.8) is 0 Å². The molecule has 3 heteroatoms. The van der Waals surface area contributed by atoms with Crippen molar-refractivity contribution in [2.24, 2.45) is 0 Å². The Balaban J connectivity index is 1.87. The first-order chi connectivity index (χ1) is 7.16. The van der Waals surface area contributed by atoms with Crippen molar-refractivity contribution in [1.29, 1.82) is 0 Å². The fraction of sp³-hybridized carbons (Fsp3) is 0.750. The normalized spacial score (nSPS) is 34.1. The third-order valence-corrected chi connectivity index (χ3v) is 3.45. The Kier molecular flexibility index (Phi) is 3.22. The van der Waals surface area contributed by atoms with Gasteiger partial charge in [-0.2, -0.15) is 0 Å². The second-order valence-electron chi connectivity index (χ2n) is 4.78. The summed E-state index contributed by atoms with van der Waals surface area (Å²) >= 11 is 0. The number of hydrogen-bond donors (Lipinski definition) is 0. The van der Waals surface area contributed by atoms with Gasteiger partial charge in [-0.15, -0.1) is 6.58 Å². The molecule has 0 N–H and O–H groups in total. The monoisotopic (exact) mass is 208 g/mol. The summed E-state index contributed by atoms with van der Waals surface area (Å²) < 4.78 is 0. The average molecular weight is 208 g/mol. The molecule has 1 atom stereocenters. The summed E-state index contributed by atoms with van der Waals surface area (Å²) in [6.45, 7) is 11.2. The maximum absolute atomic E-state index is 12.0. The molecule has 0 aliphatic carbocycles. The Hall–Kier alpha value is -0.670. The van der Waals surface area contributed by atoms with Gasteiger partial charge in [-0.3, -0.25) is 14.6 Å². The van der Waals surface area contributed by atoms with E-state index in [-0.39, 0.29) is 6.04 Å². The molecule has 2 bridgehead atoms. The Morgan fingerprint density at radius 3 is 2.40 bits per heavy atom. The summed E-state index contributed by atoms with van der Waals surface area (Å²) in [5.74, 6) is 0.405. The largest absolute Gasteiger partial charge is 0.299 e. The van der Waals surface area contributed by atoms with E-state index in [9.17, 15) is 4.79 Å². The molecular formula is C12H20N2O. The fourth-order valence-corrected chi connectivity index (χ4v) is 2.43. The number of piperazine rings is 3. The Morgan fingerprint density at radius 2 is 1.93 bits per heavy atom. The molecule has 0 amide bonds. The molecule has 3 fully saturated rings. The van der Waals surface area contributed by atoms with Gasteiger partial charge in [-0.05, 0) is 13.3 Å². The van der Waals surface area contributed by atoms with Crippen LogP contribution in [0.5, 0.6) is 0 Å². The number of hydrogen-bond acceptors (Lipinski definition) is 3. The predicted octanol–water partition coefficient (Wildman–Crippen LogP) is 0.912. The molecule has 3 aliphatic rings. The summed E-state index contributed by atoms with van der Waals surface area (Å²) in [4.78, 5) is 16.7. The summed E-state index contributed by atoms with van der Waals surface area (Å²) in [5.41, 5.74) is 1.11. The van der Waals surface area contributed by atoms with Gasteiger partial charge in [-0.1, -0.05) is 5.57 Å². The van der Waals surface area contributed by atoms with Crippen LogP contribution < -0.4 is 0 Å². The van der Waals surface area contributed by atoms with Crippen molar-refractivity contribution >= 4 is 5.78 Å². The molecule has 0 aromatic rings. The van der Waals surface area contributed by atoms with Crippen molar-refractivity contribution in [3.05, 3.63) is 12.2 Å². The lowest BCUT2D eigenvalue weighted by molar-refractivity contribution is -0.129. The molecule has 0 aromatic heterocycles. The van der Waals surface area contributed by atoms with E-state index in [4.69, 9.17) is 0 Å². The van der Waals surface area contributed by atoms with Gasteiger partial charge < -0.3 is 0 Å². The molecule has 3 heterocycles. The van der Waals surface area contributed by atoms with Crippen LogP contribution in [0.1, 0.15) is 19.8 Å². The lowest BCUT2D eigenvalue weighted by atomic mass is 9.99. The zero-order chi connectivity index (χ0) is 10.8. The molecule has 1 unspecified atom stereocenters. The SMILES string of the molecule is C=C(C)CCC(=O)C1CN2CCN1CC2. The van der Waals surface area contributed by atoms with Crippen molar-refractivity contribution in [2.75, 3.05) is 32.7 Å². The van der Waals surface area contributed by atoms with Crippen molar-refractivity contribution in [1.82, 2.24) is 9.80 Å². The number of fused-ring (bicyclic) bond motifs is 3. The van der Waals surface area contributed by atoms with Crippen LogP contribution in [0, 0.1) is 0 Å². The molecule has 3 aliphatic heterocycles. The maximum atomic E-state index is 12.0. The van der Waals surface area contributed by atoms with Crippen LogP contribution in [0.15, 0.2) is 12.2 Å². The minimum Gasteiger partial charge on any atom is -0.299 e. The first-order valence-corrected chi connectivity index (χ1v) is 5.80. The summed E-state index contributed by atoms with van der Waals surface area (Å²) in [6.07, 6.45) is 1.52. The number of ketones is 1. The third-order valence-electron chi connectivity index (χ3n) is 3.45. The Labute approximate surface area is 91.7 Å². The van der Waals surface area contributed by atoms with E-state index >= 15 is 0 Å². The highest BCUT2D eigenvalue weighted by Gasteiger charge is 2.35. The Bertz CT molecular complexity index is 267. The van der Waals surface area contributed by atoms with Gasteiger partial charge in [-0.25, -0.2) is 0 Å². The van der Waals surface area contributed by atoms with Crippen LogP contribution >= 0.6 is 0 Å².